The predicted molar refractivity (Wildman–Crippen MR) is 48.3 cm³/mol. The van der Waals surface area contributed by atoms with Gasteiger partial charge >= 0.3 is 0 Å². The Morgan fingerprint density at radius 3 is 2.92 bits per heavy atom. The van der Waals surface area contributed by atoms with E-state index in [0.29, 0.717) is 10.7 Å². The molecule has 0 spiro atoms. The number of hydrogen-bond donors (Lipinski definition) is 1. The van der Waals surface area contributed by atoms with Crippen molar-refractivity contribution in [3.8, 4) is 0 Å². The number of carbonyl (C=O) groups excluding carboxylic acids is 1. The molecule has 0 saturated heterocycles. The van der Waals surface area contributed by atoms with E-state index in [9.17, 15) is 4.79 Å². The molecule has 3 nitrogen and oxygen atoms in total. The minimum atomic E-state index is -0.137. The van der Waals surface area contributed by atoms with Gasteiger partial charge in [-0.3, -0.25) is 9.78 Å². The summed E-state index contributed by atoms with van der Waals surface area (Å²) in [6.07, 6.45) is 1.52. The van der Waals surface area contributed by atoms with Crippen LogP contribution in [0.3, 0.4) is 0 Å². The van der Waals surface area contributed by atoms with Gasteiger partial charge in [-0.1, -0.05) is 11.6 Å². The van der Waals surface area contributed by atoms with Crippen molar-refractivity contribution in [3.05, 3.63) is 23.0 Å². The predicted octanol–water partition coefficient (Wildman–Crippen LogP) is 2.00. The Morgan fingerprint density at radius 1 is 1.67 bits per heavy atom. The quantitative estimate of drug-likeness (QED) is 0.726. The van der Waals surface area contributed by atoms with Crippen LogP contribution in [0.5, 0.6) is 0 Å². The van der Waals surface area contributed by atoms with E-state index in [1.54, 1.807) is 6.07 Å². The summed E-state index contributed by atoms with van der Waals surface area (Å²) in [6.45, 7) is 3.27. The van der Waals surface area contributed by atoms with Crippen LogP contribution < -0.4 is 5.32 Å². The van der Waals surface area contributed by atoms with E-state index in [1.807, 2.05) is 6.92 Å². The van der Waals surface area contributed by atoms with Gasteiger partial charge in [-0.2, -0.15) is 0 Å². The Kier molecular flexibility index (Phi) is 2.65. The fraction of sp³-hybridized carbons (Fsp3) is 0.250. The summed E-state index contributed by atoms with van der Waals surface area (Å²) >= 11 is 5.76. The maximum absolute atomic E-state index is 10.7. The SMILES string of the molecule is CC(=O)Nc1cc(C)ncc1Cl. The molecule has 1 aromatic rings. The van der Waals surface area contributed by atoms with Crippen molar-refractivity contribution >= 4 is 23.2 Å². The molecule has 1 rings (SSSR count). The number of hydrogen-bond acceptors (Lipinski definition) is 2. The molecule has 1 aromatic heterocycles. The van der Waals surface area contributed by atoms with Gasteiger partial charge in [0.1, 0.15) is 0 Å². The van der Waals surface area contributed by atoms with Gasteiger partial charge in [0, 0.05) is 18.8 Å². The number of aromatic nitrogens is 1. The molecule has 0 fully saturated rings. The number of amides is 1. The third-order valence-electron chi connectivity index (χ3n) is 1.30. The Bertz CT molecular complexity index is 312. The van der Waals surface area contributed by atoms with Crippen molar-refractivity contribution in [2.24, 2.45) is 0 Å². The van der Waals surface area contributed by atoms with Crippen molar-refractivity contribution in [1.82, 2.24) is 4.98 Å². The first kappa shape index (κ1) is 9.00. The summed E-state index contributed by atoms with van der Waals surface area (Å²) in [7, 11) is 0. The normalized spacial score (nSPS) is 9.58. The van der Waals surface area contributed by atoms with E-state index in [0.717, 1.165) is 5.69 Å². The topological polar surface area (TPSA) is 42.0 Å². The second-order valence-corrected chi connectivity index (χ2v) is 2.89. The average Bonchev–Trinajstić information content (AvgIpc) is 1.96. The molecule has 0 atom stereocenters. The van der Waals surface area contributed by atoms with Gasteiger partial charge in [0.05, 0.1) is 10.7 Å². The number of rotatable bonds is 1. The van der Waals surface area contributed by atoms with E-state index >= 15 is 0 Å². The first-order valence-corrected chi connectivity index (χ1v) is 3.87. The van der Waals surface area contributed by atoms with E-state index in [4.69, 9.17) is 11.6 Å². The first-order valence-electron chi connectivity index (χ1n) is 3.49. The molecule has 64 valence electrons. The zero-order valence-corrected chi connectivity index (χ0v) is 7.64. The van der Waals surface area contributed by atoms with Crippen LogP contribution in [0, 0.1) is 6.92 Å². The largest absolute Gasteiger partial charge is 0.325 e. The molecule has 0 aliphatic heterocycles. The third-order valence-corrected chi connectivity index (χ3v) is 1.60. The number of pyridine rings is 1. The smallest absolute Gasteiger partial charge is 0.221 e. The number of aryl methyl sites for hydroxylation is 1. The van der Waals surface area contributed by atoms with Crippen LogP contribution in [-0.2, 0) is 4.79 Å². The van der Waals surface area contributed by atoms with Gasteiger partial charge in [0.15, 0.2) is 0 Å². The summed E-state index contributed by atoms with van der Waals surface area (Å²) in [4.78, 5) is 14.6. The van der Waals surface area contributed by atoms with Gasteiger partial charge in [-0.15, -0.1) is 0 Å². The maximum Gasteiger partial charge on any atom is 0.221 e. The molecule has 12 heavy (non-hydrogen) atoms. The van der Waals surface area contributed by atoms with Crippen molar-refractivity contribution in [3.63, 3.8) is 0 Å². The van der Waals surface area contributed by atoms with Crippen molar-refractivity contribution in [1.29, 1.82) is 0 Å². The lowest BCUT2D eigenvalue weighted by atomic mass is 10.3. The number of nitrogens with one attached hydrogen (secondary N) is 1. The van der Waals surface area contributed by atoms with Gasteiger partial charge < -0.3 is 5.32 Å². The minimum absolute atomic E-state index is 0.137. The second kappa shape index (κ2) is 3.54. The molecule has 1 amide bonds. The molecule has 1 N–H and O–H groups in total. The molecule has 0 radical (unpaired) electrons. The highest BCUT2D eigenvalue weighted by atomic mass is 35.5. The summed E-state index contributed by atoms with van der Waals surface area (Å²) in [6, 6.07) is 1.73. The van der Waals surface area contributed by atoms with Crippen LogP contribution in [0.25, 0.3) is 0 Å². The third kappa shape index (κ3) is 2.20. The second-order valence-electron chi connectivity index (χ2n) is 2.49. The number of halogens is 1. The fourth-order valence-electron chi connectivity index (χ4n) is 0.829. The van der Waals surface area contributed by atoms with E-state index in [2.05, 4.69) is 10.3 Å². The lowest BCUT2D eigenvalue weighted by Gasteiger charge is -2.04. The van der Waals surface area contributed by atoms with Gasteiger partial charge in [-0.25, -0.2) is 0 Å². The number of anilines is 1. The number of carbonyl (C=O) groups is 1. The van der Waals surface area contributed by atoms with Crippen LogP contribution in [0.1, 0.15) is 12.6 Å². The van der Waals surface area contributed by atoms with E-state index in [-0.39, 0.29) is 5.91 Å². The van der Waals surface area contributed by atoms with Crippen molar-refractivity contribution in [2.45, 2.75) is 13.8 Å². The molecule has 0 aliphatic rings. The molecule has 0 aliphatic carbocycles. The summed E-state index contributed by atoms with van der Waals surface area (Å²) in [5, 5.41) is 3.06. The average molecular weight is 185 g/mol. The molecule has 0 unspecified atom stereocenters. The lowest BCUT2D eigenvalue weighted by molar-refractivity contribution is -0.114. The summed E-state index contributed by atoms with van der Waals surface area (Å²) in [5.41, 5.74) is 1.43. The molecule has 0 bridgehead atoms. The molecular weight excluding hydrogens is 176 g/mol. The lowest BCUT2D eigenvalue weighted by Crippen LogP contribution is -2.06. The van der Waals surface area contributed by atoms with Gasteiger partial charge in [0.25, 0.3) is 0 Å². The van der Waals surface area contributed by atoms with Gasteiger partial charge in [0.2, 0.25) is 5.91 Å². The Balaban J connectivity index is 2.97. The highest BCUT2D eigenvalue weighted by Crippen LogP contribution is 2.20. The van der Waals surface area contributed by atoms with Crippen LogP contribution in [0.4, 0.5) is 5.69 Å². The molecule has 0 aromatic carbocycles. The zero-order chi connectivity index (χ0) is 9.14. The monoisotopic (exact) mass is 184 g/mol. The Morgan fingerprint density at radius 2 is 2.33 bits per heavy atom. The highest BCUT2D eigenvalue weighted by Gasteiger charge is 2.01. The molecule has 1 heterocycles. The Hall–Kier alpha value is -1.09. The van der Waals surface area contributed by atoms with Gasteiger partial charge in [-0.05, 0) is 13.0 Å². The Labute approximate surface area is 75.8 Å². The fourth-order valence-corrected chi connectivity index (χ4v) is 0.979. The molecule has 4 heteroatoms. The van der Waals surface area contributed by atoms with Crippen LogP contribution in [0.2, 0.25) is 5.02 Å². The van der Waals surface area contributed by atoms with E-state index in [1.165, 1.54) is 13.1 Å². The van der Waals surface area contributed by atoms with E-state index < -0.39 is 0 Å². The van der Waals surface area contributed by atoms with Crippen LogP contribution in [0.15, 0.2) is 12.3 Å². The standard InChI is InChI=1S/C8H9ClN2O/c1-5-3-8(11-6(2)12)7(9)4-10-5/h3-4H,1-2H3,(H,10,11,12). The van der Waals surface area contributed by atoms with Crippen LogP contribution >= 0.6 is 11.6 Å². The minimum Gasteiger partial charge on any atom is -0.325 e. The summed E-state index contributed by atoms with van der Waals surface area (Å²) < 4.78 is 0. The van der Waals surface area contributed by atoms with Crippen molar-refractivity contribution in [2.75, 3.05) is 5.32 Å². The van der Waals surface area contributed by atoms with Crippen LogP contribution in [-0.4, -0.2) is 10.9 Å². The number of nitrogens with zero attached hydrogens (tertiary/aromatic N) is 1. The summed E-state index contributed by atoms with van der Waals surface area (Å²) in [5.74, 6) is -0.137. The zero-order valence-electron chi connectivity index (χ0n) is 6.89. The first-order chi connectivity index (χ1) is 5.59. The highest BCUT2D eigenvalue weighted by molar-refractivity contribution is 6.33. The van der Waals surface area contributed by atoms with Crippen molar-refractivity contribution < 1.29 is 4.79 Å². The molecular formula is C8H9ClN2O. The molecule has 0 saturated carbocycles. The maximum atomic E-state index is 10.7.